The Hall–Kier alpha value is -0.780. The minimum absolute atomic E-state index is 0.275. The summed E-state index contributed by atoms with van der Waals surface area (Å²) in [6.07, 6.45) is 0. The van der Waals surface area contributed by atoms with Crippen molar-refractivity contribution in [3.05, 3.63) is 45.2 Å². The minimum atomic E-state index is -0.585. The van der Waals surface area contributed by atoms with Gasteiger partial charge in [-0.1, -0.05) is 0 Å². The zero-order valence-electron chi connectivity index (χ0n) is 9.06. The Balaban J connectivity index is 2.41. The molecule has 1 aromatic heterocycles. The molecule has 1 aromatic carbocycles. The molecule has 0 aliphatic rings. The van der Waals surface area contributed by atoms with Gasteiger partial charge < -0.3 is 5.32 Å². The Morgan fingerprint density at radius 2 is 2.00 bits per heavy atom. The van der Waals surface area contributed by atoms with E-state index in [1.807, 2.05) is 19.2 Å². The predicted molar refractivity (Wildman–Crippen MR) is 70.1 cm³/mol. The molecule has 0 saturated carbocycles. The molecule has 0 bridgehead atoms. The maximum Gasteiger partial charge on any atom is 0.140 e. The lowest BCUT2D eigenvalue weighted by Crippen LogP contribution is -2.02. The predicted octanol–water partition coefficient (Wildman–Crippen LogP) is 4.18. The summed E-state index contributed by atoms with van der Waals surface area (Å²) in [5.41, 5.74) is 0.422. The van der Waals surface area contributed by atoms with Gasteiger partial charge >= 0.3 is 0 Å². The van der Waals surface area contributed by atoms with E-state index in [1.165, 1.54) is 17.4 Å². The van der Waals surface area contributed by atoms with Crippen molar-refractivity contribution in [3.63, 3.8) is 0 Å². The second kappa shape index (κ2) is 5.25. The van der Waals surface area contributed by atoms with E-state index >= 15 is 0 Å². The largest absolute Gasteiger partial charge is 0.315 e. The van der Waals surface area contributed by atoms with Gasteiger partial charge in [0.25, 0.3) is 0 Å². The summed E-state index contributed by atoms with van der Waals surface area (Å²) in [6.45, 7) is 0.745. The second-order valence-corrected chi connectivity index (χ2v) is 5.57. The Morgan fingerprint density at radius 1 is 1.24 bits per heavy atom. The van der Waals surface area contributed by atoms with Gasteiger partial charge in [0.2, 0.25) is 0 Å². The first-order valence-corrected chi connectivity index (χ1v) is 6.61. The molecule has 0 fully saturated rings. The third-order valence-corrected chi connectivity index (χ3v) is 4.01. The van der Waals surface area contributed by atoms with Crippen LogP contribution in [0.4, 0.5) is 8.78 Å². The van der Waals surface area contributed by atoms with Gasteiger partial charge in [0.05, 0.1) is 4.47 Å². The summed E-state index contributed by atoms with van der Waals surface area (Å²) >= 11 is 4.56. The molecule has 5 heteroatoms. The summed E-state index contributed by atoms with van der Waals surface area (Å²) in [5.74, 6) is -1.12. The van der Waals surface area contributed by atoms with Crippen LogP contribution in [0.1, 0.15) is 4.88 Å². The van der Waals surface area contributed by atoms with Gasteiger partial charge in [-0.25, -0.2) is 8.78 Å². The highest BCUT2D eigenvalue weighted by Gasteiger charge is 2.11. The fourth-order valence-electron chi connectivity index (χ4n) is 1.50. The molecule has 2 aromatic rings. The van der Waals surface area contributed by atoms with Gasteiger partial charge in [0.15, 0.2) is 0 Å². The van der Waals surface area contributed by atoms with Crippen LogP contribution in [0.5, 0.6) is 0 Å². The van der Waals surface area contributed by atoms with Gasteiger partial charge in [0, 0.05) is 27.9 Å². The maximum atomic E-state index is 13.6. The monoisotopic (exact) mass is 317 g/mol. The van der Waals surface area contributed by atoms with Crippen molar-refractivity contribution in [1.82, 2.24) is 5.32 Å². The van der Waals surface area contributed by atoms with Gasteiger partial charge in [-0.05, 0) is 41.2 Å². The number of hydrogen-bond acceptors (Lipinski definition) is 2. The smallest absolute Gasteiger partial charge is 0.140 e. The van der Waals surface area contributed by atoms with Crippen LogP contribution in [-0.2, 0) is 6.54 Å². The van der Waals surface area contributed by atoms with E-state index in [2.05, 4.69) is 21.2 Å². The Kier molecular flexibility index (Phi) is 3.91. The zero-order chi connectivity index (χ0) is 12.4. The van der Waals surface area contributed by atoms with E-state index in [0.717, 1.165) is 22.4 Å². The lowest BCUT2D eigenvalue weighted by Gasteiger charge is -2.02. The van der Waals surface area contributed by atoms with E-state index in [-0.39, 0.29) is 4.47 Å². The fraction of sp³-hybridized carbons (Fsp3) is 0.167. The van der Waals surface area contributed by atoms with E-state index in [9.17, 15) is 8.78 Å². The summed E-state index contributed by atoms with van der Waals surface area (Å²) in [6, 6.07) is 6.16. The highest BCUT2D eigenvalue weighted by atomic mass is 79.9. The van der Waals surface area contributed by atoms with Crippen LogP contribution in [-0.4, -0.2) is 7.05 Å². The topological polar surface area (TPSA) is 12.0 Å². The quantitative estimate of drug-likeness (QED) is 0.838. The SMILES string of the molecule is CNCc1ccc(-c2cc(Br)c(F)cc2F)s1. The minimum Gasteiger partial charge on any atom is -0.315 e. The molecular weight excluding hydrogens is 308 g/mol. The summed E-state index contributed by atoms with van der Waals surface area (Å²) < 4.78 is 27.0. The fourth-order valence-corrected chi connectivity index (χ4v) is 2.88. The van der Waals surface area contributed by atoms with E-state index in [1.54, 1.807) is 0 Å². The lowest BCUT2D eigenvalue weighted by molar-refractivity contribution is 0.581. The van der Waals surface area contributed by atoms with Crippen molar-refractivity contribution in [2.24, 2.45) is 0 Å². The number of rotatable bonds is 3. The first-order valence-electron chi connectivity index (χ1n) is 5.00. The standard InChI is InChI=1S/C12H10BrF2NS/c1-16-6-7-2-3-12(17-7)8-4-9(13)11(15)5-10(8)14/h2-5,16H,6H2,1H3. The first-order chi connectivity index (χ1) is 8.11. The molecule has 17 heavy (non-hydrogen) atoms. The first kappa shape index (κ1) is 12.7. The number of thiophene rings is 1. The third-order valence-electron chi connectivity index (χ3n) is 2.29. The van der Waals surface area contributed by atoms with E-state index in [4.69, 9.17) is 0 Å². The average molecular weight is 318 g/mol. The van der Waals surface area contributed by atoms with Crippen LogP contribution in [0.3, 0.4) is 0 Å². The van der Waals surface area contributed by atoms with Crippen molar-refractivity contribution >= 4 is 27.3 Å². The van der Waals surface area contributed by atoms with Gasteiger partial charge in [0.1, 0.15) is 11.6 Å². The molecule has 0 atom stereocenters. The van der Waals surface area contributed by atoms with E-state index in [0.29, 0.717) is 5.56 Å². The average Bonchev–Trinajstić information content (AvgIpc) is 2.72. The number of benzene rings is 1. The maximum absolute atomic E-state index is 13.6. The molecule has 0 spiro atoms. The van der Waals surface area contributed by atoms with Gasteiger partial charge in [-0.3, -0.25) is 0 Å². The van der Waals surface area contributed by atoms with Crippen LogP contribution < -0.4 is 5.32 Å². The van der Waals surface area contributed by atoms with E-state index < -0.39 is 11.6 Å². The number of halogens is 3. The molecule has 1 N–H and O–H groups in total. The zero-order valence-corrected chi connectivity index (χ0v) is 11.5. The lowest BCUT2D eigenvalue weighted by atomic mass is 10.2. The second-order valence-electron chi connectivity index (χ2n) is 3.54. The number of hydrogen-bond donors (Lipinski definition) is 1. The Morgan fingerprint density at radius 3 is 2.71 bits per heavy atom. The van der Waals surface area contributed by atoms with Crippen LogP contribution in [0.25, 0.3) is 10.4 Å². The van der Waals surface area contributed by atoms with Crippen molar-refractivity contribution in [2.45, 2.75) is 6.54 Å². The molecule has 1 nitrogen and oxygen atoms in total. The Bertz CT molecular complexity index is 539. The molecule has 0 unspecified atom stereocenters. The molecule has 0 aliphatic heterocycles. The van der Waals surface area contributed by atoms with Crippen molar-refractivity contribution in [3.8, 4) is 10.4 Å². The molecule has 2 rings (SSSR count). The molecular formula is C12H10BrF2NS. The molecule has 0 aliphatic carbocycles. The highest BCUT2D eigenvalue weighted by molar-refractivity contribution is 9.10. The summed E-state index contributed by atoms with van der Waals surface area (Å²) in [4.78, 5) is 1.91. The van der Waals surface area contributed by atoms with Crippen LogP contribution in [0, 0.1) is 11.6 Å². The third kappa shape index (κ3) is 2.73. The summed E-state index contributed by atoms with van der Waals surface area (Å²) in [5, 5.41) is 3.03. The van der Waals surface area contributed by atoms with Crippen molar-refractivity contribution in [1.29, 1.82) is 0 Å². The Labute approximate surface area is 111 Å². The van der Waals surface area contributed by atoms with Crippen LogP contribution in [0.2, 0.25) is 0 Å². The normalized spacial score (nSPS) is 10.8. The van der Waals surface area contributed by atoms with Crippen LogP contribution >= 0.6 is 27.3 Å². The molecule has 0 saturated heterocycles. The highest BCUT2D eigenvalue weighted by Crippen LogP contribution is 2.33. The van der Waals surface area contributed by atoms with Gasteiger partial charge in [-0.15, -0.1) is 11.3 Å². The molecule has 1 heterocycles. The molecule has 0 amide bonds. The van der Waals surface area contributed by atoms with Crippen molar-refractivity contribution in [2.75, 3.05) is 7.05 Å². The van der Waals surface area contributed by atoms with Crippen LogP contribution in [0.15, 0.2) is 28.7 Å². The van der Waals surface area contributed by atoms with Gasteiger partial charge in [-0.2, -0.15) is 0 Å². The molecule has 0 radical (unpaired) electrons. The summed E-state index contributed by atoms with van der Waals surface area (Å²) in [7, 11) is 1.86. The van der Waals surface area contributed by atoms with Crippen molar-refractivity contribution < 1.29 is 8.78 Å². The molecule has 90 valence electrons. The number of nitrogens with one attached hydrogen (secondary N) is 1.